The van der Waals surface area contributed by atoms with Gasteiger partial charge in [0.25, 0.3) is 5.91 Å². The number of hydrogen-bond donors (Lipinski definition) is 1. The van der Waals surface area contributed by atoms with Crippen molar-refractivity contribution in [1.29, 1.82) is 0 Å². The Morgan fingerprint density at radius 1 is 1.07 bits per heavy atom. The number of nitrogens with one attached hydrogen (secondary N) is 1. The number of halogens is 1. The van der Waals surface area contributed by atoms with E-state index in [-0.39, 0.29) is 5.91 Å². The Bertz CT molecular complexity index is 979. The molecule has 29 heavy (non-hydrogen) atoms. The summed E-state index contributed by atoms with van der Waals surface area (Å²) in [6.45, 7) is 9.00. The van der Waals surface area contributed by atoms with Gasteiger partial charge in [0.1, 0.15) is 0 Å². The number of thioether (sulfide) groups is 1. The van der Waals surface area contributed by atoms with Gasteiger partial charge in [0.05, 0.1) is 23.8 Å². The molecule has 2 aromatic carbocycles. The molecule has 0 bridgehead atoms. The first-order chi connectivity index (χ1) is 13.9. The van der Waals surface area contributed by atoms with Crippen LogP contribution in [0.4, 0.5) is 5.69 Å². The number of ether oxygens (including phenoxy) is 2. The topological polar surface area (TPSA) is 59.9 Å². The molecule has 2 aromatic rings. The molecule has 7 heteroatoms. The molecule has 0 saturated carbocycles. The van der Waals surface area contributed by atoms with Gasteiger partial charge in [0, 0.05) is 4.47 Å². The van der Waals surface area contributed by atoms with E-state index in [1.807, 2.05) is 64.1 Å². The molecule has 0 aliphatic carbocycles. The summed E-state index contributed by atoms with van der Waals surface area (Å²) in [7, 11) is 0. The van der Waals surface area contributed by atoms with E-state index in [0.29, 0.717) is 34.8 Å². The average molecular weight is 475 g/mol. The van der Waals surface area contributed by atoms with Crippen LogP contribution in [0.3, 0.4) is 0 Å². The highest BCUT2D eigenvalue weighted by Crippen LogP contribution is 2.33. The number of aliphatic imine (C=N–C) groups is 1. The lowest BCUT2D eigenvalue weighted by Crippen LogP contribution is -2.19. The summed E-state index contributed by atoms with van der Waals surface area (Å²) in [5.41, 5.74) is 3.89. The summed E-state index contributed by atoms with van der Waals surface area (Å²) in [6, 6.07) is 9.62. The fourth-order valence-corrected chi connectivity index (χ4v) is 3.96. The minimum Gasteiger partial charge on any atom is -0.490 e. The molecule has 0 radical (unpaired) electrons. The minimum absolute atomic E-state index is 0.161. The van der Waals surface area contributed by atoms with Crippen molar-refractivity contribution in [1.82, 2.24) is 5.32 Å². The normalized spacial score (nSPS) is 16.4. The molecule has 1 fully saturated rings. The van der Waals surface area contributed by atoms with Crippen molar-refractivity contribution in [2.75, 3.05) is 13.2 Å². The number of amides is 1. The van der Waals surface area contributed by atoms with Crippen molar-refractivity contribution >= 4 is 50.5 Å². The summed E-state index contributed by atoms with van der Waals surface area (Å²) in [4.78, 5) is 17.6. The van der Waals surface area contributed by atoms with Crippen molar-refractivity contribution in [3.8, 4) is 11.5 Å². The van der Waals surface area contributed by atoms with Gasteiger partial charge in [0.2, 0.25) is 0 Å². The molecule has 0 spiro atoms. The molecule has 1 aliphatic rings. The van der Waals surface area contributed by atoms with Crippen molar-refractivity contribution in [2.24, 2.45) is 4.99 Å². The van der Waals surface area contributed by atoms with Gasteiger partial charge in [-0.1, -0.05) is 22.0 Å². The monoisotopic (exact) mass is 474 g/mol. The molecule has 3 rings (SSSR count). The summed E-state index contributed by atoms with van der Waals surface area (Å²) in [5, 5.41) is 3.40. The van der Waals surface area contributed by atoms with Gasteiger partial charge < -0.3 is 14.8 Å². The lowest BCUT2D eigenvalue weighted by molar-refractivity contribution is -0.115. The Labute approximate surface area is 183 Å². The van der Waals surface area contributed by atoms with Crippen LogP contribution in [-0.2, 0) is 4.79 Å². The second-order valence-electron chi connectivity index (χ2n) is 6.45. The second kappa shape index (κ2) is 9.50. The van der Waals surface area contributed by atoms with Crippen LogP contribution in [0, 0.1) is 13.8 Å². The lowest BCUT2D eigenvalue weighted by atomic mass is 10.1. The third-order valence-electron chi connectivity index (χ3n) is 4.17. The van der Waals surface area contributed by atoms with Crippen LogP contribution < -0.4 is 14.8 Å². The van der Waals surface area contributed by atoms with E-state index in [1.165, 1.54) is 11.8 Å². The third-order valence-corrected chi connectivity index (χ3v) is 6.33. The predicted octanol–water partition coefficient (Wildman–Crippen LogP) is 5.75. The molecular weight excluding hydrogens is 452 g/mol. The van der Waals surface area contributed by atoms with E-state index in [0.717, 1.165) is 26.9 Å². The molecule has 0 atom stereocenters. The number of amidine groups is 1. The smallest absolute Gasteiger partial charge is 0.264 e. The zero-order chi connectivity index (χ0) is 21.0. The van der Waals surface area contributed by atoms with Crippen LogP contribution in [-0.4, -0.2) is 24.3 Å². The van der Waals surface area contributed by atoms with Crippen molar-refractivity contribution in [2.45, 2.75) is 27.7 Å². The number of aryl methyl sites for hydroxylation is 2. The Kier molecular flexibility index (Phi) is 7.03. The van der Waals surface area contributed by atoms with Crippen molar-refractivity contribution in [3.05, 3.63) is 56.4 Å². The predicted molar refractivity (Wildman–Crippen MR) is 123 cm³/mol. The Morgan fingerprint density at radius 3 is 2.38 bits per heavy atom. The Morgan fingerprint density at radius 2 is 1.72 bits per heavy atom. The second-order valence-corrected chi connectivity index (χ2v) is 8.27. The zero-order valence-electron chi connectivity index (χ0n) is 16.8. The van der Waals surface area contributed by atoms with E-state index < -0.39 is 0 Å². The van der Waals surface area contributed by atoms with Gasteiger partial charge in [-0.25, -0.2) is 4.99 Å². The maximum absolute atomic E-state index is 12.4. The first kappa shape index (κ1) is 21.5. The highest BCUT2D eigenvalue weighted by atomic mass is 79.9. The van der Waals surface area contributed by atoms with Gasteiger partial charge in [-0.05, 0) is 86.5 Å². The van der Waals surface area contributed by atoms with E-state index in [1.54, 1.807) is 0 Å². The summed E-state index contributed by atoms with van der Waals surface area (Å²) < 4.78 is 12.3. The van der Waals surface area contributed by atoms with Gasteiger partial charge in [-0.15, -0.1) is 0 Å². The van der Waals surface area contributed by atoms with E-state index >= 15 is 0 Å². The average Bonchev–Trinajstić information content (AvgIpc) is 3.01. The fraction of sp³-hybridized carbons (Fsp3) is 0.273. The third kappa shape index (κ3) is 5.22. The molecule has 1 heterocycles. The molecule has 1 aliphatic heterocycles. The molecule has 152 valence electrons. The maximum Gasteiger partial charge on any atom is 0.264 e. The van der Waals surface area contributed by atoms with Gasteiger partial charge in [0.15, 0.2) is 16.7 Å². The summed E-state index contributed by atoms with van der Waals surface area (Å²) >= 11 is 4.89. The van der Waals surface area contributed by atoms with Crippen molar-refractivity contribution < 1.29 is 14.3 Å². The van der Waals surface area contributed by atoms with Crippen LogP contribution >= 0.6 is 27.7 Å². The number of benzene rings is 2. The molecule has 0 aromatic heterocycles. The first-order valence-corrected chi connectivity index (χ1v) is 11.0. The number of hydrogen-bond acceptors (Lipinski definition) is 5. The van der Waals surface area contributed by atoms with Crippen LogP contribution in [0.5, 0.6) is 11.5 Å². The highest BCUT2D eigenvalue weighted by molar-refractivity contribution is 9.10. The van der Waals surface area contributed by atoms with E-state index in [2.05, 4.69) is 26.2 Å². The molecule has 5 nitrogen and oxygen atoms in total. The minimum atomic E-state index is -0.161. The molecule has 0 unspecified atom stereocenters. The number of nitrogens with zero attached hydrogens (tertiary/aromatic N) is 1. The van der Waals surface area contributed by atoms with Crippen molar-refractivity contribution in [3.63, 3.8) is 0 Å². The lowest BCUT2D eigenvalue weighted by Gasteiger charge is -2.11. The SMILES string of the molecule is CCOc1ccc(/C=C2\SC(=Nc3cc(C)c(Br)c(C)c3)NC2=O)cc1OCC. The van der Waals surface area contributed by atoms with E-state index in [4.69, 9.17) is 9.47 Å². The Balaban J connectivity index is 1.85. The highest BCUT2D eigenvalue weighted by Gasteiger charge is 2.24. The van der Waals surface area contributed by atoms with Crippen LogP contribution in [0.25, 0.3) is 6.08 Å². The van der Waals surface area contributed by atoms with E-state index in [9.17, 15) is 4.79 Å². The number of carbonyl (C=O) groups excluding carboxylic acids is 1. The number of carbonyl (C=O) groups is 1. The van der Waals surface area contributed by atoms with Gasteiger partial charge in [-0.3, -0.25) is 4.79 Å². The molecule has 1 N–H and O–H groups in total. The maximum atomic E-state index is 12.4. The zero-order valence-corrected chi connectivity index (χ0v) is 19.2. The summed E-state index contributed by atoms with van der Waals surface area (Å²) in [5.74, 6) is 1.20. The standard InChI is InChI=1S/C22H23BrN2O3S/c1-5-27-17-8-7-15(11-18(17)28-6-2)12-19-21(26)25-22(29-19)24-16-9-13(3)20(23)14(4)10-16/h7-12H,5-6H2,1-4H3,(H,24,25,26)/b19-12-. The van der Waals surface area contributed by atoms with Gasteiger partial charge >= 0.3 is 0 Å². The quantitative estimate of drug-likeness (QED) is 0.540. The Hall–Kier alpha value is -2.25. The largest absolute Gasteiger partial charge is 0.490 e. The molecule has 1 saturated heterocycles. The number of rotatable bonds is 6. The molecule has 1 amide bonds. The fourth-order valence-electron chi connectivity index (χ4n) is 2.89. The molecular formula is C22H23BrN2O3S. The van der Waals surface area contributed by atoms with Crippen LogP contribution in [0.2, 0.25) is 0 Å². The van der Waals surface area contributed by atoms with Crippen LogP contribution in [0.15, 0.2) is 44.7 Å². The van der Waals surface area contributed by atoms with Gasteiger partial charge in [-0.2, -0.15) is 0 Å². The van der Waals surface area contributed by atoms with Crippen LogP contribution in [0.1, 0.15) is 30.5 Å². The summed E-state index contributed by atoms with van der Waals surface area (Å²) in [6.07, 6.45) is 1.83. The first-order valence-electron chi connectivity index (χ1n) is 9.37.